The van der Waals surface area contributed by atoms with Gasteiger partial charge in [0.2, 0.25) is 0 Å². The van der Waals surface area contributed by atoms with Gasteiger partial charge in [-0.1, -0.05) is 127 Å². The Kier molecular flexibility index (Phi) is 30.8. The molecule has 236 valence electrons. The normalized spacial score (nSPS) is 12.8. The highest BCUT2D eigenvalue weighted by atomic mass is 16.5. The fourth-order valence-electron chi connectivity index (χ4n) is 4.76. The second-order valence-corrected chi connectivity index (χ2v) is 11.3. The van der Waals surface area contributed by atoms with E-state index in [0.29, 0.717) is 19.3 Å². The summed E-state index contributed by atoms with van der Waals surface area (Å²) >= 11 is 0. The van der Waals surface area contributed by atoms with Gasteiger partial charge in [-0.25, -0.2) is 0 Å². The van der Waals surface area contributed by atoms with Crippen molar-refractivity contribution in [3.05, 3.63) is 48.6 Å². The van der Waals surface area contributed by atoms with E-state index in [9.17, 15) is 9.59 Å². The van der Waals surface area contributed by atoms with Crippen molar-refractivity contribution in [1.82, 2.24) is 0 Å². The fraction of sp³-hybridized carbons (Fsp3) is 0.730. The quantitative estimate of drug-likeness (QED) is 0.0528. The van der Waals surface area contributed by atoms with Gasteiger partial charge < -0.3 is 9.84 Å². The highest BCUT2D eigenvalue weighted by Gasteiger charge is 2.15. The lowest BCUT2D eigenvalue weighted by atomic mass is 10.0. The minimum atomic E-state index is -0.781. The van der Waals surface area contributed by atoms with Gasteiger partial charge in [0, 0.05) is 12.8 Å². The molecular formula is C37H64O4. The third-order valence-electron chi connectivity index (χ3n) is 7.30. The number of allylic oxidation sites excluding steroid dienone is 8. The molecule has 1 atom stereocenters. The first-order valence-corrected chi connectivity index (χ1v) is 17.1. The molecule has 0 spiro atoms. The maximum absolute atomic E-state index is 12.4. The van der Waals surface area contributed by atoms with Crippen LogP contribution in [-0.4, -0.2) is 23.1 Å². The van der Waals surface area contributed by atoms with Gasteiger partial charge in [0.1, 0.15) is 6.10 Å². The van der Waals surface area contributed by atoms with Crippen LogP contribution in [0.2, 0.25) is 0 Å². The van der Waals surface area contributed by atoms with Crippen LogP contribution in [0.5, 0.6) is 0 Å². The Hall–Kier alpha value is -2.10. The second-order valence-electron chi connectivity index (χ2n) is 11.3. The Morgan fingerprint density at radius 1 is 0.537 bits per heavy atom. The molecule has 1 unspecified atom stereocenters. The zero-order chi connectivity index (χ0) is 30.1. The number of unbranched alkanes of at least 4 members (excludes halogenated alkanes) is 13. The number of carbonyl (C=O) groups excluding carboxylic acids is 1. The second kappa shape index (κ2) is 32.4. The van der Waals surface area contributed by atoms with Crippen molar-refractivity contribution in [3.8, 4) is 0 Å². The Bertz CT molecular complexity index is 704. The monoisotopic (exact) mass is 572 g/mol. The van der Waals surface area contributed by atoms with Crippen LogP contribution in [0.4, 0.5) is 0 Å². The molecule has 0 amide bonds. The van der Waals surface area contributed by atoms with E-state index >= 15 is 0 Å². The lowest BCUT2D eigenvalue weighted by Crippen LogP contribution is -2.18. The first-order valence-electron chi connectivity index (χ1n) is 17.1. The largest absolute Gasteiger partial charge is 0.481 e. The molecule has 0 aromatic heterocycles. The van der Waals surface area contributed by atoms with Crippen LogP contribution < -0.4 is 0 Å². The van der Waals surface area contributed by atoms with E-state index in [1.807, 2.05) is 0 Å². The molecule has 0 bridgehead atoms. The molecule has 4 nitrogen and oxygen atoms in total. The van der Waals surface area contributed by atoms with Crippen LogP contribution in [0.25, 0.3) is 0 Å². The molecule has 0 aromatic rings. The van der Waals surface area contributed by atoms with Crippen molar-refractivity contribution in [1.29, 1.82) is 0 Å². The van der Waals surface area contributed by atoms with E-state index in [4.69, 9.17) is 9.84 Å². The number of aliphatic carboxylic acids is 1. The lowest BCUT2D eigenvalue weighted by Gasteiger charge is -2.18. The van der Waals surface area contributed by atoms with Crippen molar-refractivity contribution in [2.24, 2.45) is 0 Å². The summed E-state index contributed by atoms with van der Waals surface area (Å²) in [5, 5.41) is 8.95. The first-order chi connectivity index (χ1) is 20.1. The summed E-state index contributed by atoms with van der Waals surface area (Å²) < 4.78 is 5.77. The molecule has 0 rings (SSSR count). The minimum Gasteiger partial charge on any atom is -0.481 e. The molecule has 0 aliphatic carbocycles. The van der Waals surface area contributed by atoms with E-state index < -0.39 is 5.97 Å². The van der Waals surface area contributed by atoms with Crippen molar-refractivity contribution >= 4 is 11.9 Å². The number of hydrogen-bond acceptors (Lipinski definition) is 3. The third kappa shape index (κ3) is 32.3. The molecule has 1 N–H and O–H groups in total. The predicted molar refractivity (Wildman–Crippen MR) is 176 cm³/mol. The Balaban J connectivity index is 3.90. The van der Waals surface area contributed by atoms with Crippen LogP contribution >= 0.6 is 0 Å². The Labute approximate surface area is 253 Å². The van der Waals surface area contributed by atoms with Crippen LogP contribution in [0, 0.1) is 0 Å². The summed E-state index contributed by atoms with van der Waals surface area (Å²) in [6.45, 7) is 4.48. The lowest BCUT2D eigenvalue weighted by molar-refractivity contribution is -0.150. The van der Waals surface area contributed by atoms with Crippen molar-refractivity contribution in [3.63, 3.8) is 0 Å². The van der Waals surface area contributed by atoms with E-state index in [1.54, 1.807) is 0 Å². The van der Waals surface area contributed by atoms with Gasteiger partial charge >= 0.3 is 11.9 Å². The fourth-order valence-corrected chi connectivity index (χ4v) is 4.76. The van der Waals surface area contributed by atoms with Crippen LogP contribution in [0.1, 0.15) is 168 Å². The molecule has 0 saturated heterocycles. The van der Waals surface area contributed by atoms with Gasteiger partial charge in [0.25, 0.3) is 0 Å². The molecule has 0 radical (unpaired) electrons. The summed E-state index contributed by atoms with van der Waals surface area (Å²) in [5.41, 5.74) is 0. The van der Waals surface area contributed by atoms with Crippen molar-refractivity contribution in [2.75, 3.05) is 0 Å². The average Bonchev–Trinajstić information content (AvgIpc) is 2.95. The zero-order valence-electron chi connectivity index (χ0n) is 26.8. The number of hydrogen-bond donors (Lipinski definition) is 1. The molecule has 0 aliphatic heterocycles. The maximum atomic E-state index is 12.4. The van der Waals surface area contributed by atoms with E-state index in [-0.39, 0.29) is 18.5 Å². The van der Waals surface area contributed by atoms with Gasteiger partial charge in [-0.15, -0.1) is 0 Å². The topological polar surface area (TPSA) is 63.6 Å². The Morgan fingerprint density at radius 3 is 1.54 bits per heavy atom. The maximum Gasteiger partial charge on any atom is 0.306 e. The number of carbonyl (C=O) groups is 2. The van der Waals surface area contributed by atoms with Gasteiger partial charge in [-0.05, 0) is 77.0 Å². The number of ether oxygens (including phenoxy) is 1. The van der Waals surface area contributed by atoms with Crippen LogP contribution in [-0.2, 0) is 14.3 Å². The van der Waals surface area contributed by atoms with Gasteiger partial charge in [0.15, 0.2) is 0 Å². The first kappa shape index (κ1) is 38.9. The minimum absolute atomic E-state index is 0.123. The van der Waals surface area contributed by atoms with Gasteiger partial charge in [-0.2, -0.15) is 0 Å². The zero-order valence-corrected chi connectivity index (χ0v) is 26.8. The number of carboxylic acids is 1. The molecule has 4 heteroatoms. The Morgan fingerprint density at radius 2 is 0.976 bits per heavy atom. The summed E-state index contributed by atoms with van der Waals surface area (Å²) in [6.07, 6.45) is 42.6. The number of esters is 1. The molecule has 41 heavy (non-hydrogen) atoms. The molecule has 0 fully saturated rings. The number of rotatable bonds is 30. The average molecular weight is 573 g/mol. The summed E-state index contributed by atoms with van der Waals surface area (Å²) in [4.78, 5) is 23.3. The highest BCUT2D eigenvalue weighted by Crippen LogP contribution is 2.17. The van der Waals surface area contributed by atoms with Gasteiger partial charge in [0.05, 0.1) is 0 Å². The molecule has 0 aliphatic rings. The van der Waals surface area contributed by atoms with E-state index in [0.717, 1.165) is 64.2 Å². The predicted octanol–water partition coefficient (Wildman–Crippen LogP) is 11.6. The molecular weight excluding hydrogens is 508 g/mol. The summed E-state index contributed by atoms with van der Waals surface area (Å²) in [6, 6.07) is 0. The SMILES string of the molecule is CCCCC/C=C\C/C=C\C/C=C\C/C=C\CCCCCC(=O)OC(CCCCCCCCCC)CCCC(=O)O. The summed E-state index contributed by atoms with van der Waals surface area (Å²) in [5.74, 6) is -0.904. The molecule has 0 heterocycles. The third-order valence-corrected chi connectivity index (χ3v) is 7.30. The van der Waals surface area contributed by atoms with Gasteiger partial charge in [-0.3, -0.25) is 9.59 Å². The summed E-state index contributed by atoms with van der Waals surface area (Å²) in [7, 11) is 0. The molecule has 0 saturated carbocycles. The smallest absolute Gasteiger partial charge is 0.306 e. The van der Waals surface area contributed by atoms with E-state index in [1.165, 1.54) is 64.2 Å². The van der Waals surface area contributed by atoms with Crippen molar-refractivity contribution < 1.29 is 19.4 Å². The highest BCUT2D eigenvalue weighted by molar-refractivity contribution is 5.69. The number of carboxylic acid groups (broad SMARTS) is 1. The van der Waals surface area contributed by atoms with E-state index in [2.05, 4.69) is 62.5 Å². The van der Waals surface area contributed by atoms with Crippen molar-refractivity contribution in [2.45, 2.75) is 174 Å². The molecule has 0 aromatic carbocycles. The standard InChI is InChI=1S/C37H64O4/c1-3-5-7-9-11-13-14-15-16-17-18-19-20-21-22-23-25-27-29-34-37(40)41-35(32-30-33-36(38)39)31-28-26-24-12-10-8-6-4-2/h11,13,15-16,18-19,21-22,35H,3-10,12,14,17,20,23-34H2,1-2H3,(H,38,39)/b13-11-,16-15-,19-18-,22-21-. The van der Waals surface area contributed by atoms with Crippen LogP contribution in [0.15, 0.2) is 48.6 Å². The van der Waals surface area contributed by atoms with Crippen LogP contribution in [0.3, 0.4) is 0 Å².